The van der Waals surface area contributed by atoms with Crippen LogP contribution in [0.15, 0.2) is 18.2 Å². The topological polar surface area (TPSA) is 84.6 Å². The van der Waals surface area contributed by atoms with Gasteiger partial charge in [-0.25, -0.2) is 0 Å². The van der Waals surface area contributed by atoms with E-state index >= 15 is 0 Å². The third kappa shape index (κ3) is 4.60. The van der Waals surface area contributed by atoms with Gasteiger partial charge in [0.1, 0.15) is 5.75 Å². The van der Waals surface area contributed by atoms with Gasteiger partial charge in [-0.15, -0.1) is 0 Å². The molecule has 1 aliphatic carbocycles. The number of hydrogen-bond donors (Lipinski definition) is 2. The van der Waals surface area contributed by atoms with Crippen molar-refractivity contribution in [3.05, 3.63) is 28.3 Å². The molecular formula is C15H22N2O4. The van der Waals surface area contributed by atoms with Crippen LogP contribution >= 0.6 is 0 Å². The second-order valence-corrected chi connectivity index (χ2v) is 5.53. The lowest BCUT2D eigenvalue weighted by Crippen LogP contribution is -2.12. The molecule has 1 saturated carbocycles. The molecule has 1 fully saturated rings. The lowest BCUT2D eigenvalue weighted by Gasteiger charge is -2.13. The lowest BCUT2D eigenvalue weighted by molar-refractivity contribution is -0.384. The summed E-state index contributed by atoms with van der Waals surface area (Å²) < 4.78 is 5.49. The molecule has 0 aromatic heterocycles. The maximum atomic E-state index is 11.0. The van der Waals surface area contributed by atoms with Gasteiger partial charge in [-0.3, -0.25) is 10.1 Å². The van der Waals surface area contributed by atoms with E-state index in [1.54, 1.807) is 6.07 Å². The van der Waals surface area contributed by atoms with E-state index in [1.807, 2.05) is 6.92 Å². The van der Waals surface area contributed by atoms with Gasteiger partial charge in [0.25, 0.3) is 5.69 Å². The summed E-state index contributed by atoms with van der Waals surface area (Å²) in [5.41, 5.74) is 0.717. The monoisotopic (exact) mass is 294 g/mol. The molecule has 0 heterocycles. The smallest absolute Gasteiger partial charge is 0.275 e. The van der Waals surface area contributed by atoms with E-state index in [1.165, 1.54) is 12.1 Å². The second kappa shape index (κ2) is 7.26. The largest absolute Gasteiger partial charge is 0.493 e. The Bertz CT molecular complexity index is 493. The van der Waals surface area contributed by atoms with Crippen LogP contribution in [0.2, 0.25) is 0 Å². The third-order valence-corrected chi connectivity index (χ3v) is 3.68. The van der Waals surface area contributed by atoms with Crippen molar-refractivity contribution in [2.75, 3.05) is 18.5 Å². The van der Waals surface area contributed by atoms with Crippen molar-refractivity contribution in [1.82, 2.24) is 0 Å². The molecule has 116 valence electrons. The van der Waals surface area contributed by atoms with Gasteiger partial charge < -0.3 is 15.2 Å². The quantitative estimate of drug-likeness (QED) is 0.596. The zero-order valence-corrected chi connectivity index (χ0v) is 12.2. The first-order valence-electron chi connectivity index (χ1n) is 7.42. The van der Waals surface area contributed by atoms with E-state index in [4.69, 9.17) is 4.74 Å². The summed E-state index contributed by atoms with van der Waals surface area (Å²) in [6.45, 7) is 3.24. The van der Waals surface area contributed by atoms with Crippen molar-refractivity contribution in [2.45, 2.75) is 38.7 Å². The predicted octanol–water partition coefficient (Wildman–Crippen LogP) is 2.96. The van der Waals surface area contributed by atoms with Gasteiger partial charge in [0.15, 0.2) is 0 Å². The normalized spacial score (nSPS) is 21.2. The van der Waals surface area contributed by atoms with Crippen LogP contribution in [0.1, 0.15) is 32.6 Å². The molecule has 21 heavy (non-hydrogen) atoms. The summed E-state index contributed by atoms with van der Waals surface area (Å²) in [6, 6.07) is 4.75. The van der Waals surface area contributed by atoms with Crippen LogP contribution in [0, 0.1) is 16.0 Å². The Morgan fingerprint density at radius 2 is 2.24 bits per heavy atom. The fourth-order valence-electron chi connectivity index (χ4n) is 2.59. The number of rotatable bonds is 7. The fourth-order valence-corrected chi connectivity index (χ4v) is 2.59. The van der Waals surface area contributed by atoms with Crippen LogP contribution in [-0.2, 0) is 0 Å². The minimum absolute atomic E-state index is 0.0255. The first kappa shape index (κ1) is 15.6. The second-order valence-electron chi connectivity index (χ2n) is 5.53. The Hall–Kier alpha value is -1.82. The van der Waals surface area contributed by atoms with E-state index in [0.29, 0.717) is 30.5 Å². The Kier molecular flexibility index (Phi) is 5.38. The van der Waals surface area contributed by atoms with E-state index in [0.717, 1.165) is 25.7 Å². The van der Waals surface area contributed by atoms with Crippen molar-refractivity contribution < 1.29 is 14.8 Å². The van der Waals surface area contributed by atoms with Crippen LogP contribution in [0.3, 0.4) is 0 Å². The van der Waals surface area contributed by atoms with E-state index in [2.05, 4.69) is 5.32 Å². The zero-order valence-electron chi connectivity index (χ0n) is 12.2. The van der Waals surface area contributed by atoms with Crippen LogP contribution in [0.4, 0.5) is 11.4 Å². The number of ether oxygens (including phenoxy) is 1. The molecule has 0 saturated heterocycles. The number of hydrogen-bond acceptors (Lipinski definition) is 5. The minimum Gasteiger partial charge on any atom is -0.493 e. The molecule has 1 aromatic rings. The molecule has 6 nitrogen and oxygen atoms in total. The number of aliphatic hydroxyl groups is 1. The van der Waals surface area contributed by atoms with E-state index in [9.17, 15) is 15.2 Å². The van der Waals surface area contributed by atoms with Gasteiger partial charge in [-0.2, -0.15) is 0 Å². The average Bonchev–Trinajstić information content (AvgIpc) is 2.88. The van der Waals surface area contributed by atoms with Crippen molar-refractivity contribution in [3.8, 4) is 5.75 Å². The van der Waals surface area contributed by atoms with Gasteiger partial charge in [0.2, 0.25) is 0 Å². The summed E-state index contributed by atoms with van der Waals surface area (Å²) in [5.74, 6) is 0.930. The molecule has 0 spiro atoms. The van der Waals surface area contributed by atoms with Crippen LogP contribution in [0.25, 0.3) is 0 Å². The molecule has 1 aliphatic rings. The molecule has 1 aromatic carbocycles. The number of nitrogens with one attached hydrogen (secondary N) is 1. The predicted molar refractivity (Wildman–Crippen MR) is 80.7 cm³/mol. The number of non-ortho nitro benzene ring substituents is 1. The van der Waals surface area contributed by atoms with Crippen LogP contribution in [-0.4, -0.2) is 29.3 Å². The number of aliphatic hydroxyl groups excluding tert-OH is 1. The maximum absolute atomic E-state index is 11.0. The maximum Gasteiger partial charge on any atom is 0.275 e. The molecule has 2 unspecified atom stereocenters. The number of nitro groups is 1. The van der Waals surface area contributed by atoms with Crippen LogP contribution < -0.4 is 10.1 Å². The number of anilines is 1. The van der Waals surface area contributed by atoms with Gasteiger partial charge in [0, 0.05) is 24.4 Å². The molecular weight excluding hydrogens is 272 g/mol. The lowest BCUT2D eigenvalue weighted by atomic mass is 10.1. The molecule has 0 bridgehead atoms. The van der Waals surface area contributed by atoms with Gasteiger partial charge in [-0.1, -0.05) is 6.92 Å². The summed E-state index contributed by atoms with van der Waals surface area (Å²) in [7, 11) is 0. The van der Waals surface area contributed by atoms with Crippen molar-refractivity contribution in [1.29, 1.82) is 0 Å². The third-order valence-electron chi connectivity index (χ3n) is 3.68. The summed E-state index contributed by atoms with van der Waals surface area (Å²) in [4.78, 5) is 10.6. The standard InChI is InChI=1S/C15H22N2O4/c1-2-5-21-15-8-12(7-13(9-15)17(19)20)16-10-11-3-4-14(18)6-11/h7-9,11,14,16,18H,2-6,10H2,1H3. The number of benzene rings is 1. The molecule has 0 aliphatic heterocycles. The van der Waals surface area contributed by atoms with Crippen LogP contribution in [0.5, 0.6) is 5.75 Å². The highest BCUT2D eigenvalue weighted by Gasteiger charge is 2.22. The Morgan fingerprint density at radius 3 is 2.86 bits per heavy atom. The Morgan fingerprint density at radius 1 is 1.43 bits per heavy atom. The average molecular weight is 294 g/mol. The SMILES string of the molecule is CCCOc1cc(NCC2CCC(O)C2)cc([N+](=O)[O-])c1. The number of nitro benzene ring substituents is 1. The summed E-state index contributed by atoms with van der Waals surface area (Å²) >= 11 is 0. The van der Waals surface area contributed by atoms with Crippen molar-refractivity contribution >= 4 is 11.4 Å². The highest BCUT2D eigenvalue weighted by atomic mass is 16.6. The molecule has 0 amide bonds. The molecule has 2 atom stereocenters. The summed E-state index contributed by atoms with van der Waals surface area (Å²) in [6.07, 6.45) is 3.27. The first-order chi connectivity index (χ1) is 10.1. The zero-order chi connectivity index (χ0) is 15.2. The van der Waals surface area contributed by atoms with Crippen molar-refractivity contribution in [3.63, 3.8) is 0 Å². The van der Waals surface area contributed by atoms with E-state index < -0.39 is 4.92 Å². The van der Waals surface area contributed by atoms with Crippen molar-refractivity contribution in [2.24, 2.45) is 5.92 Å². The molecule has 2 rings (SSSR count). The Labute approximate surface area is 124 Å². The van der Waals surface area contributed by atoms with Gasteiger partial charge >= 0.3 is 0 Å². The number of nitrogens with zero attached hydrogens (tertiary/aromatic N) is 1. The van der Waals surface area contributed by atoms with E-state index in [-0.39, 0.29) is 11.8 Å². The molecule has 0 radical (unpaired) electrons. The minimum atomic E-state index is -0.413. The first-order valence-corrected chi connectivity index (χ1v) is 7.42. The fraction of sp³-hybridized carbons (Fsp3) is 0.600. The van der Waals surface area contributed by atoms with Gasteiger partial charge in [0.05, 0.1) is 23.7 Å². The highest BCUT2D eigenvalue weighted by molar-refractivity contribution is 5.56. The Balaban J connectivity index is 2.02. The summed E-state index contributed by atoms with van der Waals surface area (Å²) in [5, 5.41) is 23.7. The molecule has 6 heteroatoms. The van der Waals surface area contributed by atoms with Gasteiger partial charge in [-0.05, 0) is 31.6 Å². The highest BCUT2D eigenvalue weighted by Crippen LogP contribution is 2.29. The molecule has 2 N–H and O–H groups in total.